The van der Waals surface area contributed by atoms with Crippen molar-refractivity contribution in [2.75, 3.05) is 17.7 Å². The summed E-state index contributed by atoms with van der Waals surface area (Å²) in [5.74, 6) is 0.881. The Morgan fingerprint density at radius 2 is 1.68 bits per heavy atom. The molecule has 2 amide bonds. The average Bonchev–Trinajstić information content (AvgIpc) is 2.74. The van der Waals surface area contributed by atoms with E-state index < -0.39 is 0 Å². The van der Waals surface area contributed by atoms with E-state index >= 15 is 0 Å². The van der Waals surface area contributed by atoms with Gasteiger partial charge in [0, 0.05) is 10.7 Å². The first-order valence-electron chi connectivity index (χ1n) is 10.6. The van der Waals surface area contributed by atoms with Crippen LogP contribution >= 0.6 is 11.6 Å². The van der Waals surface area contributed by atoms with Crippen molar-refractivity contribution in [3.63, 3.8) is 0 Å². The largest absolute Gasteiger partial charge is 0.495 e. The van der Waals surface area contributed by atoms with Gasteiger partial charge in [0.15, 0.2) is 0 Å². The summed E-state index contributed by atoms with van der Waals surface area (Å²) in [7, 11) is 1.53. The third kappa shape index (κ3) is 6.37. The highest BCUT2D eigenvalue weighted by Crippen LogP contribution is 2.36. The lowest BCUT2D eigenvalue weighted by Crippen LogP contribution is -2.25. The minimum Gasteiger partial charge on any atom is -0.495 e. The summed E-state index contributed by atoms with van der Waals surface area (Å²) in [6.45, 7) is 3.76. The zero-order valence-electron chi connectivity index (χ0n) is 18.1. The van der Waals surface area contributed by atoms with Crippen molar-refractivity contribution >= 4 is 35.0 Å². The average molecular weight is 445 g/mol. The van der Waals surface area contributed by atoms with Gasteiger partial charge < -0.3 is 20.1 Å². The molecule has 6 nitrogen and oxygen atoms in total. The first-order valence-corrected chi connectivity index (χ1v) is 11.0. The van der Waals surface area contributed by atoms with E-state index in [-0.39, 0.29) is 24.0 Å². The van der Waals surface area contributed by atoms with Gasteiger partial charge in [-0.2, -0.15) is 0 Å². The van der Waals surface area contributed by atoms with Gasteiger partial charge in [-0.25, -0.2) is 4.79 Å². The van der Waals surface area contributed by atoms with Crippen molar-refractivity contribution in [2.24, 2.45) is 5.92 Å². The lowest BCUT2D eigenvalue weighted by Gasteiger charge is -2.28. The van der Waals surface area contributed by atoms with Gasteiger partial charge >= 0.3 is 12.0 Å². The second-order valence-corrected chi connectivity index (χ2v) is 8.52. The van der Waals surface area contributed by atoms with Gasteiger partial charge in [0.25, 0.3) is 0 Å². The van der Waals surface area contributed by atoms with Crippen LogP contribution in [-0.4, -0.2) is 25.2 Å². The number of hydrogen-bond donors (Lipinski definition) is 2. The number of urea groups is 1. The molecule has 0 aromatic heterocycles. The van der Waals surface area contributed by atoms with Gasteiger partial charge in [-0.15, -0.1) is 0 Å². The molecule has 2 aromatic rings. The Balaban J connectivity index is 1.53. The normalized spacial score (nSPS) is 18.4. The Bertz CT molecular complexity index is 906. The number of benzene rings is 2. The molecule has 1 saturated carbocycles. The van der Waals surface area contributed by atoms with E-state index in [4.69, 9.17) is 21.1 Å². The maximum absolute atomic E-state index is 12.4. The fourth-order valence-corrected chi connectivity index (χ4v) is 4.06. The highest BCUT2D eigenvalue weighted by atomic mass is 35.5. The topological polar surface area (TPSA) is 76.7 Å². The summed E-state index contributed by atoms with van der Waals surface area (Å²) in [5.41, 5.74) is 2.41. The molecule has 0 aliphatic heterocycles. The second-order valence-electron chi connectivity index (χ2n) is 8.08. The quantitative estimate of drug-likeness (QED) is 0.518. The van der Waals surface area contributed by atoms with E-state index in [2.05, 4.69) is 10.6 Å². The molecule has 2 N–H and O–H groups in total. The van der Waals surface area contributed by atoms with Gasteiger partial charge in [-0.3, -0.25) is 4.79 Å². The van der Waals surface area contributed by atoms with Gasteiger partial charge in [0.2, 0.25) is 0 Å². The van der Waals surface area contributed by atoms with Crippen LogP contribution in [0.3, 0.4) is 0 Å². The molecular weight excluding hydrogens is 416 g/mol. The van der Waals surface area contributed by atoms with Gasteiger partial charge in [-0.1, -0.05) is 23.7 Å². The standard InChI is InChI=1S/C24H29ClN2O4/c1-15(2)31-23(28)18-6-4-16(5-7-18)17-8-11-20(12-9-17)26-24(29)27-21-14-19(25)10-13-22(21)30-3/h8-16,18H,4-7H2,1-3H3,(H2,26,27,29). The Labute approximate surface area is 188 Å². The number of anilines is 2. The Morgan fingerprint density at radius 3 is 2.29 bits per heavy atom. The number of rotatable bonds is 6. The molecule has 0 atom stereocenters. The van der Waals surface area contributed by atoms with Gasteiger partial charge in [0.1, 0.15) is 5.75 Å². The molecule has 1 fully saturated rings. The number of nitrogens with one attached hydrogen (secondary N) is 2. The number of amides is 2. The summed E-state index contributed by atoms with van der Waals surface area (Å²) in [5, 5.41) is 6.08. The number of halogens is 1. The first kappa shape index (κ1) is 22.9. The van der Waals surface area contributed by atoms with Crippen LogP contribution in [0.25, 0.3) is 0 Å². The molecule has 0 heterocycles. The van der Waals surface area contributed by atoms with E-state index in [9.17, 15) is 9.59 Å². The molecule has 166 valence electrons. The van der Waals surface area contributed by atoms with Crippen molar-refractivity contribution < 1.29 is 19.1 Å². The van der Waals surface area contributed by atoms with E-state index in [1.54, 1.807) is 18.2 Å². The van der Waals surface area contributed by atoms with Crippen molar-refractivity contribution in [3.8, 4) is 5.75 Å². The van der Waals surface area contributed by atoms with Crippen LogP contribution in [-0.2, 0) is 9.53 Å². The number of esters is 1. The fourth-order valence-electron chi connectivity index (χ4n) is 3.89. The van der Waals surface area contributed by atoms with Crippen LogP contribution < -0.4 is 15.4 Å². The molecule has 31 heavy (non-hydrogen) atoms. The predicted octanol–water partition coefficient (Wildman–Crippen LogP) is 6.22. The maximum Gasteiger partial charge on any atom is 0.323 e. The van der Waals surface area contributed by atoms with Crippen LogP contribution in [0.15, 0.2) is 42.5 Å². The zero-order valence-corrected chi connectivity index (χ0v) is 18.9. The number of methoxy groups -OCH3 is 1. The SMILES string of the molecule is COc1ccc(Cl)cc1NC(=O)Nc1ccc(C2CCC(C(=O)OC(C)C)CC2)cc1. The molecule has 0 bridgehead atoms. The van der Waals surface area contributed by atoms with Crippen molar-refractivity contribution in [3.05, 3.63) is 53.1 Å². The number of carbonyl (C=O) groups is 2. The molecule has 1 aliphatic rings. The van der Waals surface area contributed by atoms with Crippen molar-refractivity contribution in [2.45, 2.75) is 51.6 Å². The molecule has 0 unspecified atom stereocenters. The van der Waals surface area contributed by atoms with Gasteiger partial charge in [-0.05, 0) is 81.3 Å². The summed E-state index contributed by atoms with van der Waals surface area (Å²) >= 11 is 6.00. The second kappa shape index (κ2) is 10.5. The predicted molar refractivity (Wildman–Crippen MR) is 123 cm³/mol. The summed E-state index contributed by atoms with van der Waals surface area (Å²) in [6.07, 6.45) is 3.54. The molecule has 3 rings (SSSR count). The van der Waals surface area contributed by atoms with Crippen LogP contribution in [0.1, 0.15) is 51.0 Å². The minimum absolute atomic E-state index is 0.00627. The number of ether oxygens (including phenoxy) is 2. The van der Waals surface area contributed by atoms with Crippen molar-refractivity contribution in [1.82, 2.24) is 0 Å². The molecule has 0 radical (unpaired) electrons. The molecule has 0 spiro atoms. The third-order valence-electron chi connectivity index (χ3n) is 5.46. The lowest BCUT2D eigenvalue weighted by atomic mass is 9.78. The fraction of sp³-hybridized carbons (Fsp3) is 0.417. The van der Waals surface area contributed by atoms with E-state index in [0.717, 1.165) is 25.7 Å². The molecular formula is C24H29ClN2O4. The third-order valence-corrected chi connectivity index (χ3v) is 5.70. The Morgan fingerprint density at radius 1 is 1.00 bits per heavy atom. The highest BCUT2D eigenvalue weighted by Gasteiger charge is 2.28. The maximum atomic E-state index is 12.4. The Kier molecular flexibility index (Phi) is 7.80. The summed E-state index contributed by atoms with van der Waals surface area (Å²) < 4.78 is 10.6. The summed E-state index contributed by atoms with van der Waals surface area (Å²) in [4.78, 5) is 24.5. The molecule has 0 saturated heterocycles. The highest BCUT2D eigenvalue weighted by molar-refractivity contribution is 6.31. The molecule has 1 aliphatic carbocycles. The van der Waals surface area contributed by atoms with Crippen molar-refractivity contribution in [1.29, 1.82) is 0 Å². The van der Waals surface area contributed by atoms with E-state index in [1.807, 2.05) is 38.1 Å². The minimum atomic E-state index is -0.377. The smallest absolute Gasteiger partial charge is 0.323 e. The van der Waals surface area contributed by atoms with E-state index in [0.29, 0.717) is 28.1 Å². The zero-order chi connectivity index (χ0) is 22.4. The van der Waals surface area contributed by atoms with E-state index in [1.165, 1.54) is 12.7 Å². The lowest BCUT2D eigenvalue weighted by molar-refractivity contribution is -0.153. The van der Waals surface area contributed by atoms with Gasteiger partial charge in [0.05, 0.1) is 24.8 Å². The molecule has 7 heteroatoms. The first-order chi connectivity index (χ1) is 14.9. The monoisotopic (exact) mass is 444 g/mol. The number of carbonyl (C=O) groups excluding carboxylic acids is 2. The Hall–Kier alpha value is -2.73. The van der Waals surface area contributed by atoms with Crippen LogP contribution in [0.5, 0.6) is 5.75 Å². The van der Waals surface area contributed by atoms with Crippen LogP contribution in [0, 0.1) is 5.92 Å². The van der Waals surface area contributed by atoms with Crippen LogP contribution in [0.4, 0.5) is 16.2 Å². The van der Waals surface area contributed by atoms with Crippen LogP contribution in [0.2, 0.25) is 5.02 Å². The number of hydrogen-bond acceptors (Lipinski definition) is 4. The summed E-state index contributed by atoms with van der Waals surface area (Å²) in [6, 6.07) is 12.5. The molecule has 2 aromatic carbocycles.